The second kappa shape index (κ2) is 9.24. The van der Waals surface area contributed by atoms with Gasteiger partial charge in [-0.1, -0.05) is 23.2 Å². The lowest BCUT2D eigenvalue weighted by Gasteiger charge is -2.30. The maximum absolute atomic E-state index is 13.0. The fraction of sp³-hybridized carbons (Fsp3) is 0.350. The highest BCUT2D eigenvalue weighted by molar-refractivity contribution is 6.34. The number of hydrogen-bond donors (Lipinski definition) is 2. The summed E-state index contributed by atoms with van der Waals surface area (Å²) in [6.45, 7) is 3.39. The van der Waals surface area contributed by atoms with Crippen molar-refractivity contribution in [3.05, 3.63) is 57.6 Å². The minimum absolute atomic E-state index is 0.163. The number of anilines is 2. The zero-order valence-electron chi connectivity index (χ0n) is 15.5. The van der Waals surface area contributed by atoms with E-state index in [4.69, 9.17) is 23.2 Å². The SMILES string of the molecule is O=C(c1ccc(N2CCNCC2)cc1NCCc1cc(Cl)cc(Cl)c1)C(F)(F)F. The van der Waals surface area contributed by atoms with Crippen LogP contribution >= 0.6 is 23.2 Å². The Hall–Kier alpha value is -1.96. The van der Waals surface area contributed by atoms with Crippen molar-refractivity contribution in [3.8, 4) is 0 Å². The molecule has 0 unspecified atom stereocenters. The molecule has 9 heteroatoms. The number of nitrogens with one attached hydrogen (secondary N) is 2. The smallest absolute Gasteiger partial charge is 0.384 e. The van der Waals surface area contributed by atoms with E-state index in [1.807, 2.05) is 0 Å². The van der Waals surface area contributed by atoms with Gasteiger partial charge in [0.2, 0.25) is 0 Å². The first kappa shape index (κ1) is 21.7. The van der Waals surface area contributed by atoms with Crippen LogP contribution in [0.3, 0.4) is 0 Å². The Morgan fingerprint density at radius 2 is 1.72 bits per heavy atom. The van der Waals surface area contributed by atoms with E-state index < -0.39 is 12.0 Å². The molecule has 0 bridgehead atoms. The van der Waals surface area contributed by atoms with Crippen LogP contribution in [0.5, 0.6) is 0 Å². The van der Waals surface area contributed by atoms with E-state index in [1.165, 1.54) is 6.07 Å². The van der Waals surface area contributed by atoms with Gasteiger partial charge in [0.15, 0.2) is 0 Å². The average molecular weight is 446 g/mol. The van der Waals surface area contributed by atoms with E-state index in [2.05, 4.69) is 15.5 Å². The van der Waals surface area contributed by atoms with Crippen LogP contribution < -0.4 is 15.5 Å². The first-order valence-electron chi connectivity index (χ1n) is 9.14. The summed E-state index contributed by atoms with van der Waals surface area (Å²) in [4.78, 5) is 13.9. The quantitative estimate of drug-likeness (QED) is 0.626. The van der Waals surface area contributed by atoms with E-state index in [9.17, 15) is 18.0 Å². The lowest BCUT2D eigenvalue weighted by Crippen LogP contribution is -2.43. The summed E-state index contributed by atoms with van der Waals surface area (Å²) >= 11 is 12.0. The summed E-state index contributed by atoms with van der Waals surface area (Å²) in [5.41, 5.74) is 1.40. The molecule has 0 atom stereocenters. The van der Waals surface area contributed by atoms with Gasteiger partial charge in [0.25, 0.3) is 5.78 Å². The number of carbonyl (C=O) groups excluding carboxylic acids is 1. The number of Topliss-reactive ketones (excluding diaryl/α,β-unsaturated/α-hetero) is 1. The Kier molecular flexibility index (Phi) is 6.93. The molecule has 3 rings (SSSR count). The Morgan fingerprint density at radius 3 is 2.34 bits per heavy atom. The predicted octanol–water partition coefficient (Wildman–Crippen LogP) is 4.80. The van der Waals surface area contributed by atoms with Gasteiger partial charge < -0.3 is 15.5 Å². The number of piperazine rings is 1. The molecule has 0 amide bonds. The van der Waals surface area contributed by atoms with Gasteiger partial charge in [-0.2, -0.15) is 13.2 Å². The van der Waals surface area contributed by atoms with E-state index in [0.717, 1.165) is 37.4 Å². The third kappa shape index (κ3) is 5.78. The highest BCUT2D eigenvalue weighted by Crippen LogP contribution is 2.30. The molecule has 0 spiro atoms. The van der Waals surface area contributed by atoms with Crippen molar-refractivity contribution in [1.82, 2.24) is 5.32 Å². The molecule has 0 saturated carbocycles. The van der Waals surface area contributed by atoms with Crippen LogP contribution in [0.1, 0.15) is 15.9 Å². The van der Waals surface area contributed by atoms with Crippen LogP contribution in [0.2, 0.25) is 10.0 Å². The summed E-state index contributed by atoms with van der Waals surface area (Å²) in [5, 5.41) is 7.19. The molecule has 1 saturated heterocycles. The van der Waals surface area contributed by atoms with E-state index in [1.54, 1.807) is 30.3 Å². The monoisotopic (exact) mass is 445 g/mol. The number of carbonyl (C=O) groups is 1. The molecule has 0 aliphatic carbocycles. The van der Waals surface area contributed by atoms with E-state index in [0.29, 0.717) is 23.0 Å². The molecule has 29 heavy (non-hydrogen) atoms. The maximum Gasteiger partial charge on any atom is 0.454 e. The first-order chi connectivity index (χ1) is 13.7. The number of nitrogens with zero attached hydrogens (tertiary/aromatic N) is 1. The fourth-order valence-corrected chi connectivity index (χ4v) is 3.82. The number of alkyl halides is 3. The number of hydrogen-bond acceptors (Lipinski definition) is 4. The normalized spacial score (nSPS) is 14.7. The Bertz CT molecular complexity index is 864. The van der Waals surface area contributed by atoms with Crippen molar-refractivity contribution in [2.45, 2.75) is 12.6 Å². The van der Waals surface area contributed by atoms with Gasteiger partial charge in [-0.15, -0.1) is 0 Å². The number of rotatable bonds is 6. The molecule has 2 N–H and O–H groups in total. The number of ketones is 1. The third-order valence-electron chi connectivity index (χ3n) is 4.64. The number of halogens is 5. The van der Waals surface area contributed by atoms with Gasteiger partial charge in [-0.3, -0.25) is 4.79 Å². The molecule has 156 valence electrons. The molecular formula is C20H20Cl2F3N3O. The van der Waals surface area contributed by atoms with Gasteiger partial charge in [0, 0.05) is 54.1 Å². The van der Waals surface area contributed by atoms with Crippen LogP contribution in [-0.2, 0) is 6.42 Å². The topological polar surface area (TPSA) is 44.4 Å². The van der Waals surface area contributed by atoms with Crippen molar-refractivity contribution >= 4 is 40.4 Å². The lowest BCUT2D eigenvalue weighted by molar-refractivity contribution is -0.0884. The zero-order chi connectivity index (χ0) is 21.0. The van der Waals surface area contributed by atoms with Gasteiger partial charge in [0.05, 0.1) is 5.56 Å². The minimum Gasteiger partial charge on any atom is -0.384 e. The Balaban J connectivity index is 1.81. The fourth-order valence-electron chi connectivity index (χ4n) is 3.25. The molecule has 1 aliphatic rings. The van der Waals surface area contributed by atoms with Crippen LogP contribution in [0.4, 0.5) is 24.5 Å². The second-order valence-electron chi connectivity index (χ2n) is 6.75. The average Bonchev–Trinajstić information content (AvgIpc) is 2.66. The van der Waals surface area contributed by atoms with Crippen molar-refractivity contribution in [3.63, 3.8) is 0 Å². The lowest BCUT2D eigenvalue weighted by atomic mass is 10.1. The van der Waals surface area contributed by atoms with Crippen LogP contribution in [0.25, 0.3) is 0 Å². The van der Waals surface area contributed by atoms with Crippen molar-refractivity contribution in [1.29, 1.82) is 0 Å². The highest BCUT2D eigenvalue weighted by Gasteiger charge is 2.40. The summed E-state index contributed by atoms with van der Waals surface area (Å²) in [6, 6.07) is 9.51. The molecule has 2 aromatic rings. The number of benzene rings is 2. The summed E-state index contributed by atoms with van der Waals surface area (Å²) in [5.74, 6) is -1.86. The predicted molar refractivity (Wildman–Crippen MR) is 111 cm³/mol. The summed E-state index contributed by atoms with van der Waals surface area (Å²) < 4.78 is 39.1. The van der Waals surface area contributed by atoms with Gasteiger partial charge in [-0.05, 0) is 48.4 Å². The molecule has 1 heterocycles. The molecule has 2 aromatic carbocycles. The summed E-state index contributed by atoms with van der Waals surface area (Å²) in [7, 11) is 0. The standard InChI is InChI=1S/C20H20Cl2F3N3O/c21-14-9-13(10-15(22)11-14)3-4-27-18-12-16(28-7-5-26-6-8-28)1-2-17(18)19(29)20(23,24)25/h1-2,9-12,26-27H,3-8H2. The zero-order valence-corrected chi connectivity index (χ0v) is 17.0. The second-order valence-corrected chi connectivity index (χ2v) is 7.62. The van der Waals surface area contributed by atoms with Crippen molar-refractivity contribution in [2.75, 3.05) is 42.9 Å². The molecule has 1 aliphatic heterocycles. The Morgan fingerprint density at radius 1 is 1.07 bits per heavy atom. The molecule has 4 nitrogen and oxygen atoms in total. The largest absolute Gasteiger partial charge is 0.454 e. The van der Waals surface area contributed by atoms with Gasteiger partial charge in [-0.25, -0.2) is 0 Å². The summed E-state index contributed by atoms with van der Waals surface area (Å²) in [6.07, 6.45) is -4.45. The van der Waals surface area contributed by atoms with Crippen molar-refractivity contribution < 1.29 is 18.0 Å². The first-order valence-corrected chi connectivity index (χ1v) is 9.90. The van der Waals surface area contributed by atoms with E-state index in [-0.39, 0.29) is 11.3 Å². The molecule has 1 fully saturated rings. The molecular weight excluding hydrogens is 426 g/mol. The van der Waals surface area contributed by atoms with Crippen LogP contribution in [-0.4, -0.2) is 44.7 Å². The highest BCUT2D eigenvalue weighted by atomic mass is 35.5. The van der Waals surface area contributed by atoms with E-state index >= 15 is 0 Å². The van der Waals surface area contributed by atoms with Gasteiger partial charge in [0.1, 0.15) is 0 Å². The minimum atomic E-state index is -4.94. The molecule has 0 radical (unpaired) electrons. The van der Waals surface area contributed by atoms with Crippen LogP contribution in [0.15, 0.2) is 36.4 Å². The maximum atomic E-state index is 13.0. The van der Waals surface area contributed by atoms with Gasteiger partial charge >= 0.3 is 6.18 Å². The Labute approximate surface area is 177 Å². The third-order valence-corrected chi connectivity index (χ3v) is 5.08. The molecule has 0 aromatic heterocycles. The van der Waals surface area contributed by atoms with Crippen LogP contribution in [0, 0.1) is 0 Å². The van der Waals surface area contributed by atoms with Crippen molar-refractivity contribution in [2.24, 2.45) is 0 Å².